The van der Waals surface area contributed by atoms with Crippen molar-refractivity contribution in [2.24, 2.45) is 0 Å². The lowest BCUT2D eigenvalue weighted by Gasteiger charge is -2.40. The summed E-state index contributed by atoms with van der Waals surface area (Å²) in [7, 11) is 0. The van der Waals surface area contributed by atoms with Crippen molar-refractivity contribution in [2.75, 3.05) is 46.0 Å². The SMILES string of the molecule is Cc1ccn(CC2CCCO2)c(=O)c1C(=O)N1CCC(N2CCOCC2)CC1. The largest absolute Gasteiger partial charge is 0.379 e. The van der Waals surface area contributed by atoms with Crippen molar-refractivity contribution in [2.45, 2.75) is 51.3 Å². The summed E-state index contributed by atoms with van der Waals surface area (Å²) in [6.45, 7) is 8.10. The Morgan fingerprint density at radius 1 is 1.11 bits per heavy atom. The first-order valence-corrected chi connectivity index (χ1v) is 10.6. The summed E-state index contributed by atoms with van der Waals surface area (Å²) in [5, 5.41) is 0. The molecule has 1 atom stereocenters. The monoisotopic (exact) mass is 389 g/mol. The van der Waals surface area contributed by atoms with E-state index in [-0.39, 0.29) is 17.6 Å². The number of likely N-dealkylation sites (tertiary alicyclic amines) is 1. The van der Waals surface area contributed by atoms with Gasteiger partial charge < -0.3 is 18.9 Å². The number of carbonyl (C=O) groups excluding carboxylic acids is 1. The molecule has 1 aromatic rings. The van der Waals surface area contributed by atoms with Crippen molar-refractivity contribution in [3.63, 3.8) is 0 Å². The molecule has 3 fully saturated rings. The van der Waals surface area contributed by atoms with Crippen LogP contribution in [0.5, 0.6) is 0 Å². The molecule has 0 saturated carbocycles. The molecular formula is C21H31N3O4. The van der Waals surface area contributed by atoms with Crippen LogP contribution < -0.4 is 5.56 Å². The molecule has 0 spiro atoms. The third-order valence-electron chi connectivity index (χ3n) is 6.33. The summed E-state index contributed by atoms with van der Waals surface area (Å²) in [6, 6.07) is 2.39. The second-order valence-electron chi connectivity index (χ2n) is 8.14. The number of morpholine rings is 1. The number of carbonyl (C=O) groups is 1. The molecule has 4 rings (SSSR count). The van der Waals surface area contributed by atoms with Crippen LogP contribution in [0.4, 0.5) is 0 Å². The van der Waals surface area contributed by atoms with Crippen LogP contribution in [0.25, 0.3) is 0 Å². The highest BCUT2D eigenvalue weighted by atomic mass is 16.5. The molecule has 0 N–H and O–H groups in total. The van der Waals surface area contributed by atoms with Crippen molar-refractivity contribution in [1.29, 1.82) is 0 Å². The minimum absolute atomic E-state index is 0.0765. The second-order valence-corrected chi connectivity index (χ2v) is 8.14. The van der Waals surface area contributed by atoms with E-state index in [1.165, 1.54) is 0 Å². The van der Waals surface area contributed by atoms with Gasteiger partial charge >= 0.3 is 0 Å². The molecule has 1 aromatic heterocycles. The van der Waals surface area contributed by atoms with Crippen molar-refractivity contribution in [3.8, 4) is 0 Å². The number of rotatable bonds is 4. The molecule has 0 bridgehead atoms. The van der Waals surface area contributed by atoms with Crippen LogP contribution in [0, 0.1) is 6.92 Å². The van der Waals surface area contributed by atoms with Gasteiger partial charge in [-0.25, -0.2) is 0 Å². The molecule has 1 amide bonds. The molecule has 4 heterocycles. The average molecular weight is 389 g/mol. The molecule has 1 unspecified atom stereocenters. The number of pyridine rings is 1. The van der Waals surface area contributed by atoms with Crippen LogP contribution in [0.1, 0.15) is 41.6 Å². The van der Waals surface area contributed by atoms with Crippen molar-refractivity contribution >= 4 is 5.91 Å². The summed E-state index contributed by atoms with van der Waals surface area (Å²) in [5.74, 6) is -0.121. The minimum Gasteiger partial charge on any atom is -0.379 e. The first-order valence-electron chi connectivity index (χ1n) is 10.6. The number of hydrogen-bond donors (Lipinski definition) is 0. The lowest BCUT2D eigenvalue weighted by atomic mass is 10.0. The number of amides is 1. The third kappa shape index (κ3) is 4.16. The fraction of sp³-hybridized carbons (Fsp3) is 0.714. The number of aromatic nitrogens is 1. The Morgan fingerprint density at radius 3 is 2.54 bits per heavy atom. The van der Waals surface area contributed by atoms with Crippen LogP contribution in [0.2, 0.25) is 0 Å². The van der Waals surface area contributed by atoms with Crippen molar-refractivity contribution in [3.05, 3.63) is 33.7 Å². The number of aryl methyl sites for hydroxylation is 1. The molecule has 3 aliphatic heterocycles. The highest BCUT2D eigenvalue weighted by Crippen LogP contribution is 2.20. The number of hydrogen-bond acceptors (Lipinski definition) is 5. The van der Waals surface area contributed by atoms with Gasteiger partial charge in [-0.3, -0.25) is 14.5 Å². The number of ether oxygens (including phenoxy) is 2. The van der Waals surface area contributed by atoms with E-state index in [2.05, 4.69) is 4.90 Å². The number of nitrogens with zero attached hydrogens (tertiary/aromatic N) is 3. The Kier molecular flexibility index (Phi) is 6.13. The first-order chi connectivity index (χ1) is 13.6. The van der Waals surface area contributed by atoms with E-state index in [9.17, 15) is 9.59 Å². The molecule has 0 aliphatic carbocycles. The lowest BCUT2D eigenvalue weighted by molar-refractivity contribution is 0.00155. The maximum Gasteiger partial charge on any atom is 0.263 e. The van der Waals surface area contributed by atoms with E-state index in [0.717, 1.165) is 64.2 Å². The Morgan fingerprint density at radius 2 is 1.86 bits per heavy atom. The summed E-state index contributed by atoms with van der Waals surface area (Å²) >= 11 is 0. The normalized spacial score (nSPS) is 24.6. The Bertz CT molecular complexity index is 743. The van der Waals surface area contributed by atoms with Gasteiger partial charge in [-0.1, -0.05) is 0 Å². The Hall–Kier alpha value is -1.70. The van der Waals surface area contributed by atoms with Crippen LogP contribution in [0.15, 0.2) is 17.1 Å². The van der Waals surface area contributed by atoms with Crippen molar-refractivity contribution < 1.29 is 14.3 Å². The van der Waals surface area contributed by atoms with Gasteiger partial charge in [0.25, 0.3) is 11.5 Å². The predicted molar refractivity (Wildman–Crippen MR) is 106 cm³/mol. The quantitative estimate of drug-likeness (QED) is 0.776. The molecule has 3 aliphatic rings. The molecule has 7 heteroatoms. The Balaban J connectivity index is 1.43. The van der Waals surface area contributed by atoms with E-state index in [4.69, 9.17) is 9.47 Å². The van der Waals surface area contributed by atoms with Crippen molar-refractivity contribution in [1.82, 2.24) is 14.4 Å². The van der Waals surface area contributed by atoms with Gasteiger partial charge in [-0.2, -0.15) is 0 Å². The van der Waals surface area contributed by atoms with E-state index < -0.39 is 0 Å². The minimum atomic E-state index is -0.184. The standard InChI is InChI=1S/C21H31N3O4/c1-16-4-7-24(15-18-3-2-12-28-18)21(26)19(16)20(25)23-8-5-17(6-9-23)22-10-13-27-14-11-22/h4,7,17-18H,2-3,5-6,8-15H2,1H3. The first kappa shape index (κ1) is 19.6. The fourth-order valence-corrected chi connectivity index (χ4v) is 4.61. The third-order valence-corrected chi connectivity index (χ3v) is 6.33. The van der Waals surface area contributed by atoms with Gasteiger partial charge in [-0.05, 0) is 44.2 Å². The van der Waals surface area contributed by atoms with Gasteiger partial charge in [0, 0.05) is 45.0 Å². The van der Waals surface area contributed by atoms with Gasteiger partial charge in [0.05, 0.1) is 25.9 Å². The summed E-state index contributed by atoms with van der Waals surface area (Å²) in [5.41, 5.74) is 0.898. The fourth-order valence-electron chi connectivity index (χ4n) is 4.61. The van der Waals surface area contributed by atoms with Crippen LogP contribution >= 0.6 is 0 Å². The van der Waals surface area contributed by atoms with Gasteiger partial charge in [0.15, 0.2) is 0 Å². The maximum atomic E-state index is 13.2. The van der Waals surface area contributed by atoms with Crippen LogP contribution in [-0.2, 0) is 16.0 Å². The maximum absolute atomic E-state index is 13.2. The molecule has 154 valence electrons. The molecular weight excluding hydrogens is 358 g/mol. The molecule has 28 heavy (non-hydrogen) atoms. The van der Waals surface area contributed by atoms with Gasteiger partial charge in [0.2, 0.25) is 0 Å². The molecule has 3 saturated heterocycles. The number of piperidine rings is 1. The van der Waals surface area contributed by atoms with E-state index >= 15 is 0 Å². The highest BCUT2D eigenvalue weighted by Gasteiger charge is 2.30. The summed E-state index contributed by atoms with van der Waals surface area (Å²) < 4.78 is 12.7. The zero-order valence-corrected chi connectivity index (χ0v) is 16.8. The lowest BCUT2D eigenvalue weighted by Crippen LogP contribution is -2.50. The zero-order chi connectivity index (χ0) is 19.5. The molecule has 0 aromatic carbocycles. The average Bonchev–Trinajstić information content (AvgIpc) is 3.24. The van der Waals surface area contributed by atoms with Crippen LogP contribution in [-0.4, -0.2) is 78.4 Å². The zero-order valence-electron chi connectivity index (χ0n) is 16.8. The smallest absolute Gasteiger partial charge is 0.263 e. The predicted octanol–water partition coefficient (Wildman–Crippen LogP) is 1.27. The summed E-state index contributed by atoms with van der Waals surface area (Å²) in [4.78, 5) is 30.5. The summed E-state index contributed by atoms with van der Waals surface area (Å²) in [6.07, 6.45) is 5.80. The van der Waals surface area contributed by atoms with Gasteiger partial charge in [0.1, 0.15) is 5.56 Å². The van der Waals surface area contributed by atoms with Gasteiger partial charge in [-0.15, -0.1) is 0 Å². The molecule has 0 radical (unpaired) electrons. The van der Waals surface area contributed by atoms with E-state index in [1.807, 2.05) is 17.9 Å². The van der Waals surface area contributed by atoms with E-state index in [1.54, 1.807) is 10.8 Å². The Labute approximate surface area is 166 Å². The topological polar surface area (TPSA) is 64.0 Å². The van der Waals surface area contributed by atoms with Crippen LogP contribution in [0.3, 0.4) is 0 Å². The van der Waals surface area contributed by atoms with E-state index in [0.29, 0.717) is 31.2 Å². The molecule has 7 nitrogen and oxygen atoms in total. The second kappa shape index (κ2) is 8.76. The highest BCUT2D eigenvalue weighted by molar-refractivity contribution is 5.95.